The number of amides is 1. The highest BCUT2D eigenvalue weighted by molar-refractivity contribution is 5.88. The van der Waals surface area contributed by atoms with Crippen molar-refractivity contribution >= 4 is 18.3 Å². The average Bonchev–Trinajstić information content (AvgIpc) is 2.52. The number of hydrogen-bond donors (Lipinski definition) is 3. The summed E-state index contributed by atoms with van der Waals surface area (Å²) in [5.41, 5.74) is 6.90. The molecule has 6 heteroatoms. The third-order valence-electron chi connectivity index (χ3n) is 5.15. The molecule has 0 spiro atoms. The zero-order chi connectivity index (χ0) is 17.3. The molecule has 1 amide bonds. The van der Waals surface area contributed by atoms with Crippen LogP contribution in [0.5, 0.6) is 0 Å². The Kier molecular flexibility index (Phi) is 6.82. The van der Waals surface area contributed by atoms with Crippen molar-refractivity contribution in [3.63, 3.8) is 0 Å². The van der Waals surface area contributed by atoms with E-state index in [4.69, 9.17) is 10.5 Å². The van der Waals surface area contributed by atoms with Crippen LogP contribution in [0.25, 0.3) is 0 Å². The minimum Gasteiger partial charge on any atom is -0.389 e. The molecule has 1 aliphatic rings. The highest BCUT2D eigenvalue weighted by atomic mass is 35.5. The third kappa shape index (κ3) is 3.75. The van der Waals surface area contributed by atoms with Crippen LogP contribution >= 0.6 is 12.4 Å². The van der Waals surface area contributed by atoms with Gasteiger partial charge in [0.1, 0.15) is 5.54 Å². The average molecular weight is 357 g/mol. The molecule has 0 saturated heterocycles. The summed E-state index contributed by atoms with van der Waals surface area (Å²) in [5, 5.41) is 12.4. The van der Waals surface area contributed by atoms with Gasteiger partial charge in [-0.3, -0.25) is 4.79 Å². The maximum Gasteiger partial charge on any atom is 0.241 e. The number of aliphatic hydroxyl groups is 1. The van der Waals surface area contributed by atoms with E-state index in [2.05, 4.69) is 5.32 Å². The van der Waals surface area contributed by atoms with E-state index in [1.807, 2.05) is 45.0 Å². The van der Waals surface area contributed by atoms with Gasteiger partial charge in [0, 0.05) is 25.0 Å². The van der Waals surface area contributed by atoms with Gasteiger partial charge >= 0.3 is 0 Å². The summed E-state index contributed by atoms with van der Waals surface area (Å²) >= 11 is 0. The number of nitrogens with two attached hydrogens (primary N) is 1. The third-order valence-corrected chi connectivity index (χ3v) is 5.15. The monoisotopic (exact) mass is 356 g/mol. The second kappa shape index (κ2) is 7.83. The van der Waals surface area contributed by atoms with E-state index in [1.54, 1.807) is 6.92 Å². The molecular formula is C18H29ClN2O3. The second-order valence-corrected chi connectivity index (χ2v) is 6.94. The SMILES string of the molecule is CCOC1CC(N)(C(=O)NCc2ccc(C(C)O)cc2)C1(C)C.Cl. The van der Waals surface area contributed by atoms with Crippen molar-refractivity contribution in [2.45, 2.75) is 58.4 Å². The van der Waals surface area contributed by atoms with Crippen molar-refractivity contribution in [2.75, 3.05) is 6.61 Å². The summed E-state index contributed by atoms with van der Waals surface area (Å²) < 4.78 is 5.65. The molecule has 136 valence electrons. The zero-order valence-corrected chi connectivity index (χ0v) is 15.7. The van der Waals surface area contributed by atoms with E-state index in [9.17, 15) is 9.90 Å². The summed E-state index contributed by atoms with van der Waals surface area (Å²) in [7, 11) is 0. The number of benzene rings is 1. The largest absolute Gasteiger partial charge is 0.389 e. The van der Waals surface area contributed by atoms with Crippen LogP contribution in [-0.2, 0) is 16.1 Å². The summed E-state index contributed by atoms with van der Waals surface area (Å²) in [5.74, 6) is -0.141. The molecule has 3 atom stereocenters. The number of ether oxygens (including phenoxy) is 1. The van der Waals surface area contributed by atoms with Crippen molar-refractivity contribution in [1.29, 1.82) is 0 Å². The number of halogens is 1. The van der Waals surface area contributed by atoms with Crippen LogP contribution in [-0.4, -0.2) is 29.3 Å². The van der Waals surface area contributed by atoms with Gasteiger partial charge in [-0.1, -0.05) is 38.1 Å². The van der Waals surface area contributed by atoms with Crippen molar-refractivity contribution in [3.05, 3.63) is 35.4 Å². The number of nitrogens with one attached hydrogen (secondary N) is 1. The molecule has 5 nitrogen and oxygen atoms in total. The Morgan fingerprint density at radius 1 is 1.42 bits per heavy atom. The molecule has 1 aliphatic carbocycles. The molecule has 1 aromatic rings. The zero-order valence-electron chi connectivity index (χ0n) is 14.8. The Balaban J connectivity index is 0.00000288. The van der Waals surface area contributed by atoms with Crippen LogP contribution in [0.3, 0.4) is 0 Å². The molecule has 24 heavy (non-hydrogen) atoms. The number of carbonyl (C=O) groups excluding carboxylic acids is 1. The minimum atomic E-state index is -0.896. The van der Waals surface area contributed by atoms with Crippen LogP contribution < -0.4 is 11.1 Å². The lowest BCUT2D eigenvalue weighted by Gasteiger charge is -2.57. The Labute approximate surface area is 150 Å². The molecule has 4 N–H and O–H groups in total. The predicted molar refractivity (Wildman–Crippen MR) is 96.9 cm³/mol. The van der Waals surface area contributed by atoms with Crippen molar-refractivity contribution in [2.24, 2.45) is 11.1 Å². The fraction of sp³-hybridized carbons (Fsp3) is 0.611. The standard InChI is InChI=1S/C18H28N2O3.ClH/c1-5-23-15-10-18(19,17(15,3)4)16(22)20-11-13-6-8-14(9-7-13)12(2)21;/h6-9,12,15,21H,5,10-11,19H2,1-4H3,(H,20,22);1H. The van der Waals surface area contributed by atoms with Crippen molar-refractivity contribution < 1.29 is 14.6 Å². The van der Waals surface area contributed by atoms with Gasteiger partial charge in [0.15, 0.2) is 0 Å². The predicted octanol–water partition coefficient (Wildman–Crippen LogP) is 2.31. The molecule has 0 radical (unpaired) electrons. The molecule has 1 fully saturated rings. The summed E-state index contributed by atoms with van der Waals surface area (Å²) in [6, 6.07) is 7.53. The topological polar surface area (TPSA) is 84.6 Å². The number of aliphatic hydroxyl groups excluding tert-OH is 1. The van der Waals surface area contributed by atoms with Crippen LogP contribution in [0.1, 0.15) is 51.3 Å². The lowest BCUT2D eigenvalue weighted by atomic mass is 9.54. The fourth-order valence-corrected chi connectivity index (χ4v) is 3.07. The van der Waals surface area contributed by atoms with Gasteiger partial charge in [-0.25, -0.2) is 0 Å². The number of hydrogen-bond acceptors (Lipinski definition) is 4. The van der Waals surface area contributed by atoms with Gasteiger partial charge in [-0.05, 0) is 25.0 Å². The Morgan fingerprint density at radius 2 is 2.00 bits per heavy atom. The first-order chi connectivity index (χ1) is 10.7. The van der Waals surface area contributed by atoms with E-state index in [1.165, 1.54) is 0 Å². The maximum atomic E-state index is 12.5. The molecule has 3 unspecified atom stereocenters. The maximum absolute atomic E-state index is 12.5. The van der Waals surface area contributed by atoms with Crippen molar-refractivity contribution in [1.82, 2.24) is 5.32 Å². The highest BCUT2D eigenvalue weighted by Gasteiger charge is 2.62. The normalized spacial score (nSPS) is 26.0. The molecule has 1 saturated carbocycles. The fourth-order valence-electron chi connectivity index (χ4n) is 3.07. The molecule has 1 aromatic carbocycles. The van der Waals surface area contributed by atoms with Crippen LogP contribution in [0.2, 0.25) is 0 Å². The molecular weight excluding hydrogens is 328 g/mol. The summed E-state index contributed by atoms with van der Waals surface area (Å²) in [4.78, 5) is 12.5. The van der Waals surface area contributed by atoms with E-state index >= 15 is 0 Å². The summed E-state index contributed by atoms with van der Waals surface area (Å²) in [6.07, 6.45) is 0.0755. The van der Waals surface area contributed by atoms with Gasteiger partial charge < -0.3 is 20.9 Å². The lowest BCUT2D eigenvalue weighted by molar-refractivity contribution is -0.170. The first-order valence-corrected chi connectivity index (χ1v) is 8.18. The Bertz CT molecular complexity index is 560. The molecule has 0 aliphatic heterocycles. The van der Waals surface area contributed by atoms with E-state index in [-0.39, 0.29) is 29.8 Å². The van der Waals surface area contributed by atoms with Gasteiger partial charge in [-0.15, -0.1) is 12.4 Å². The molecule has 0 heterocycles. The smallest absolute Gasteiger partial charge is 0.241 e. The lowest BCUT2D eigenvalue weighted by Crippen LogP contribution is -2.75. The Hall–Kier alpha value is -1.14. The van der Waals surface area contributed by atoms with Gasteiger partial charge in [0.05, 0.1) is 12.2 Å². The van der Waals surface area contributed by atoms with Gasteiger partial charge in [0.2, 0.25) is 5.91 Å². The molecule has 0 aromatic heterocycles. The first-order valence-electron chi connectivity index (χ1n) is 8.18. The van der Waals surface area contributed by atoms with E-state index in [0.29, 0.717) is 19.6 Å². The second-order valence-electron chi connectivity index (χ2n) is 6.94. The number of carbonyl (C=O) groups is 1. The number of rotatable bonds is 6. The minimum absolute atomic E-state index is 0. The van der Waals surface area contributed by atoms with E-state index in [0.717, 1.165) is 11.1 Å². The highest BCUT2D eigenvalue weighted by Crippen LogP contribution is 2.49. The first kappa shape index (κ1) is 20.9. The van der Waals surface area contributed by atoms with Gasteiger partial charge in [-0.2, -0.15) is 0 Å². The molecule has 0 bridgehead atoms. The van der Waals surface area contributed by atoms with Crippen molar-refractivity contribution in [3.8, 4) is 0 Å². The summed E-state index contributed by atoms with van der Waals surface area (Å²) in [6.45, 7) is 8.68. The van der Waals surface area contributed by atoms with Crippen LogP contribution in [0.4, 0.5) is 0 Å². The quantitative estimate of drug-likeness (QED) is 0.730. The van der Waals surface area contributed by atoms with Crippen LogP contribution in [0, 0.1) is 5.41 Å². The molecule has 2 rings (SSSR count). The van der Waals surface area contributed by atoms with Gasteiger partial charge in [0.25, 0.3) is 0 Å². The Morgan fingerprint density at radius 3 is 2.46 bits per heavy atom. The van der Waals surface area contributed by atoms with E-state index < -0.39 is 11.6 Å². The van der Waals surface area contributed by atoms with Crippen LogP contribution in [0.15, 0.2) is 24.3 Å².